The van der Waals surface area contributed by atoms with Crippen molar-refractivity contribution in [2.24, 2.45) is 5.92 Å². The van der Waals surface area contributed by atoms with E-state index in [1.54, 1.807) is 21.3 Å². The first-order valence-corrected chi connectivity index (χ1v) is 11.8. The van der Waals surface area contributed by atoms with Crippen LogP contribution in [-0.4, -0.2) is 31.3 Å². The van der Waals surface area contributed by atoms with Crippen LogP contribution in [-0.2, 0) is 11.8 Å². The van der Waals surface area contributed by atoms with E-state index >= 15 is 0 Å². The summed E-state index contributed by atoms with van der Waals surface area (Å²) in [6, 6.07) is 16.3. The van der Waals surface area contributed by atoms with E-state index in [-0.39, 0.29) is 5.41 Å². The van der Waals surface area contributed by atoms with E-state index in [0.717, 1.165) is 48.4 Å². The van der Waals surface area contributed by atoms with Crippen LogP contribution in [0.15, 0.2) is 66.3 Å². The van der Waals surface area contributed by atoms with Crippen molar-refractivity contribution in [1.29, 1.82) is 0 Å². The highest BCUT2D eigenvalue weighted by molar-refractivity contribution is 5.79. The number of pyridine rings is 2. The van der Waals surface area contributed by atoms with E-state index in [4.69, 9.17) is 24.2 Å². The monoisotopic (exact) mass is 452 g/mol. The number of methoxy groups -OCH3 is 3. The molecule has 2 heterocycles. The molecule has 3 aromatic rings. The third kappa shape index (κ3) is 2.99. The lowest BCUT2D eigenvalue weighted by Crippen LogP contribution is -2.29. The number of hydrogen-bond acceptors (Lipinski definition) is 5. The van der Waals surface area contributed by atoms with Crippen molar-refractivity contribution in [2.45, 2.75) is 31.1 Å². The SMILES string of the molecule is COc1cccc(C2=CC=C3CCC4(CCc5ccc(-c6cccc(OC)n6)c(OC)c54)C32)n1. The average molecular weight is 453 g/mol. The van der Waals surface area contributed by atoms with Gasteiger partial charge in [0.2, 0.25) is 11.8 Å². The summed E-state index contributed by atoms with van der Waals surface area (Å²) in [5.41, 5.74) is 8.39. The Morgan fingerprint density at radius 2 is 1.47 bits per heavy atom. The van der Waals surface area contributed by atoms with Crippen LogP contribution in [0.4, 0.5) is 0 Å². The molecule has 1 saturated carbocycles. The molecule has 172 valence electrons. The van der Waals surface area contributed by atoms with Gasteiger partial charge in [-0.15, -0.1) is 0 Å². The summed E-state index contributed by atoms with van der Waals surface area (Å²) in [7, 11) is 5.10. The van der Waals surface area contributed by atoms with Crippen LogP contribution in [0.5, 0.6) is 17.5 Å². The van der Waals surface area contributed by atoms with E-state index in [0.29, 0.717) is 17.7 Å². The fraction of sp³-hybridized carbons (Fsp3) is 0.310. The molecule has 5 heteroatoms. The van der Waals surface area contributed by atoms with Crippen molar-refractivity contribution < 1.29 is 14.2 Å². The maximum absolute atomic E-state index is 6.17. The second-order valence-electron chi connectivity index (χ2n) is 9.26. The lowest BCUT2D eigenvalue weighted by atomic mass is 9.69. The number of aromatic nitrogens is 2. The third-order valence-electron chi connectivity index (χ3n) is 7.79. The number of fused-ring (bicyclic) bond motifs is 4. The molecule has 0 radical (unpaired) electrons. The first-order chi connectivity index (χ1) is 16.7. The summed E-state index contributed by atoms with van der Waals surface area (Å²) in [6.45, 7) is 0. The minimum Gasteiger partial charge on any atom is -0.496 e. The summed E-state index contributed by atoms with van der Waals surface area (Å²) in [5, 5.41) is 0. The van der Waals surface area contributed by atoms with Crippen molar-refractivity contribution in [3.05, 3.63) is 83.1 Å². The first-order valence-electron chi connectivity index (χ1n) is 11.8. The number of allylic oxidation sites excluding steroid dienone is 4. The molecule has 2 atom stereocenters. The van der Waals surface area contributed by atoms with E-state index in [9.17, 15) is 0 Å². The predicted molar refractivity (Wildman–Crippen MR) is 132 cm³/mol. The summed E-state index contributed by atoms with van der Waals surface area (Å²) >= 11 is 0. The molecule has 0 aliphatic heterocycles. The van der Waals surface area contributed by atoms with Gasteiger partial charge < -0.3 is 14.2 Å². The molecule has 0 saturated heterocycles. The van der Waals surface area contributed by atoms with E-state index < -0.39 is 0 Å². The third-order valence-corrected chi connectivity index (χ3v) is 7.79. The lowest BCUT2D eigenvalue weighted by molar-refractivity contribution is 0.356. The number of hydrogen-bond donors (Lipinski definition) is 0. The molecule has 3 aliphatic carbocycles. The Morgan fingerprint density at radius 1 is 0.765 bits per heavy atom. The molecular formula is C29H28N2O3. The van der Waals surface area contributed by atoms with Crippen LogP contribution in [0.1, 0.15) is 36.1 Å². The largest absolute Gasteiger partial charge is 0.496 e. The van der Waals surface area contributed by atoms with Gasteiger partial charge in [-0.1, -0.05) is 35.9 Å². The van der Waals surface area contributed by atoms with Crippen LogP contribution in [0.2, 0.25) is 0 Å². The smallest absolute Gasteiger partial charge is 0.213 e. The van der Waals surface area contributed by atoms with Gasteiger partial charge in [0, 0.05) is 34.6 Å². The lowest BCUT2D eigenvalue weighted by Gasteiger charge is -2.35. The zero-order valence-corrected chi connectivity index (χ0v) is 19.8. The highest BCUT2D eigenvalue weighted by atomic mass is 16.5. The molecule has 2 aromatic heterocycles. The summed E-state index contributed by atoms with van der Waals surface area (Å²) in [5.74, 6) is 2.50. The Bertz CT molecular complexity index is 1340. The minimum atomic E-state index is -0.00548. The van der Waals surface area contributed by atoms with Crippen LogP contribution in [0.25, 0.3) is 16.8 Å². The van der Waals surface area contributed by atoms with Gasteiger partial charge in [-0.3, -0.25) is 0 Å². The zero-order chi connectivity index (χ0) is 23.3. The number of rotatable bonds is 5. The maximum atomic E-state index is 6.17. The molecular weight excluding hydrogens is 424 g/mol. The number of aryl methyl sites for hydroxylation is 1. The Labute approximate surface area is 200 Å². The normalized spacial score (nSPS) is 22.3. The fourth-order valence-electron chi connectivity index (χ4n) is 6.39. The molecule has 1 aromatic carbocycles. The predicted octanol–water partition coefficient (Wildman–Crippen LogP) is 5.79. The van der Waals surface area contributed by atoms with Crippen LogP contribution in [0.3, 0.4) is 0 Å². The molecule has 1 fully saturated rings. The van der Waals surface area contributed by atoms with Crippen molar-refractivity contribution in [3.63, 3.8) is 0 Å². The maximum Gasteiger partial charge on any atom is 0.213 e. The molecule has 0 amide bonds. The highest BCUT2D eigenvalue weighted by Gasteiger charge is 2.54. The van der Waals surface area contributed by atoms with Crippen molar-refractivity contribution in [3.8, 4) is 28.8 Å². The van der Waals surface area contributed by atoms with Gasteiger partial charge in [0.1, 0.15) is 5.75 Å². The zero-order valence-electron chi connectivity index (χ0n) is 19.8. The summed E-state index contributed by atoms with van der Waals surface area (Å²) in [6.07, 6.45) is 8.95. The summed E-state index contributed by atoms with van der Waals surface area (Å²) in [4.78, 5) is 9.50. The van der Waals surface area contributed by atoms with Gasteiger partial charge in [-0.2, -0.15) is 0 Å². The fourth-order valence-corrected chi connectivity index (χ4v) is 6.39. The molecule has 0 bridgehead atoms. The van der Waals surface area contributed by atoms with Crippen molar-refractivity contribution in [1.82, 2.24) is 9.97 Å². The van der Waals surface area contributed by atoms with E-state index in [1.165, 1.54) is 22.3 Å². The van der Waals surface area contributed by atoms with Gasteiger partial charge in [-0.05, 0) is 55.0 Å². The molecule has 1 spiro atoms. The molecule has 34 heavy (non-hydrogen) atoms. The molecule has 5 nitrogen and oxygen atoms in total. The van der Waals surface area contributed by atoms with E-state index in [2.05, 4.69) is 30.4 Å². The van der Waals surface area contributed by atoms with Gasteiger partial charge in [0.25, 0.3) is 0 Å². The average Bonchev–Trinajstić information content (AvgIpc) is 3.59. The van der Waals surface area contributed by atoms with Crippen molar-refractivity contribution >= 4 is 5.57 Å². The molecule has 6 rings (SSSR count). The topological polar surface area (TPSA) is 53.5 Å². The first kappa shape index (κ1) is 21.0. The Hall–Kier alpha value is -3.60. The van der Waals surface area contributed by atoms with Crippen LogP contribution < -0.4 is 14.2 Å². The van der Waals surface area contributed by atoms with Gasteiger partial charge in [0.05, 0.1) is 32.7 Å². The quantitative estimate of drug-likeness (QED) is 0.491. The second-order valence-corrected chi connectivity index (χ2v) is 9.26. The standard InChI is InChI=1S/C29H28N2O3/c1-32-24-8-4-6-22(30-24)20-12-10-18-14-16-29(26(18)20)17-15-19-11-13-21(28(34-3)27(19)29)23-7-5-9-25(31-23)33-2/h4-13,26H,14-17H2,1-3H3. The molecule has 0 N–H and O–H groups in total. The van der Waals surface area contributed by atoms with Gasteiger partial charge >= 0.3 is 0 Å². The van der Waals surface area contributed by atoms with E-state index in [1.807, 2.05) is 30.3 Å². The van der Waals surface area contributed by atoms with Gasteiger partial charge in [0.15, 0.2) is 0 Å². The van der Waals surface area contributed by atoms with Crippen LogP contribution >= 0.6 is 0 Å². The number of benzene rings is 1. The molecule has 3 aliphatic rings. The highest BCUT2D eigenvalue weighted by Crippen LogP contribution is 2.63. The molecule has 2 unspecified atom stereocenters. The number of nitrogens with zero attached hydrogens (tertiary/aromatic N) is 2. The number of ether oxygens (including phenoxy) is 3. The van der Waals surface area contributed by atoms with Crippen LogP contribution in [0, 0.1) is 5.92 Å². The Balaban J connectivity index is 1.50. The Morgan fingerprint density at radius 3 is 2.21 bits per heavy atom. The Kier molecular flexibility index (Phi) is 4.94. The van der Waals surface area contributed by atoms with Crippen molar-refractivity contribution in [2.75, 3.05) is 21.3 Å². The minimum absolute atomic E-state index is 0.00548. The summed E-state index contributed by atoms with van der Waals surface area (Å²) < 4.78 is 17.0. The second kappa shape index (κ2) is 8.01. The van der Waals surface area contributed by atoms with Gasteiger partial charge in [-0.25, -0.2) is 9.97 Å².